The normalized spacial score (nSPS) is 10.3. The largest absolute Gasteiger partial charge is 0.478 e. The molecule has 5 heteroatoms. The molecule has 0 amide bonds. The first kappa shape index (κ1) is 12.9. The smallest absolute Gasteiger partial charge is 0.337 e. The van der Waals surface area contributed by atoms with Gasteiger partial charge in [0.15, 0.2) is 0 Å². The van der Waals surface area contributed by atoms with E-state index in [9.17, 15) is 4.79 Å². The molecule has 0 spiro atoms. The minimum absolute atomic E-state index is 0.106. The number of aromatic nitrogens is 1. The first-order chi connectivity index (χ1) is 8.56. The van der Waals surface area contributed by atoms with Crippen LogP contribution >= 0.6 is 23.4 Å². The molecule has 0 aliphatic heterocycles. The van der Waals surface area contributed by atoms with E-state index in [1.807, 2.05) is 25.1 Å². The van der Waals surface area contributed by atoms with E-state index in [1.165, 1.54) is 11.8 Å². The lowest BCUT2D eigenvalue weighted by Gasteiger charge is -2.04. The Morgan fingerprint density at radius 1 is 1.33 bits per heavy atom. The number of carbonyl (C=O) groups is 1. The summed E-state index contributed by atoms with van der Waals surface area (Å²) in [7, 11) is 0. The highest BCUT2D eigenvalue weighted by Crippen LogP contribution is 2.29. The van der Waals surface area contributed by atoms with E-state index in [2.05, 4.69) is 4.98 Å². The van der Waals surface area contributed by atoms with Crippen LogP contribution < -0.4 is 0 Å². The molecule has 1 aromatic heterocycles. The quantitative estimate of drug-likeness (QED) is 0.926. The average molecular weight is 280 g/mol. The van der Waals surface area contributed by atoms with Crippen molar-refractivity contribution in [3.8, 4) is 0 Å². The fraction of sp³-hybridized carbons (Fsp3) is 0.0769. The third-order valence-electron chi connectivity index (χ3n) is 2.25. The Balaban J connectivity index is 2.30. The zero-order valence-corrected chi connectivity index (χ0v) is 11.1. The van der Waals surface area contributed by atoms with Gasteiger partial charge in [-0.05, 0) is 37.3 Å². The zero-order valence-electron chi connectivity index (χ0n) is 9.55. The van der Waals surface area contributed by atoms with Gasteiger partial charge in [-0.25, -0.2) is 9.78 Å². The molecule has 1 heterocycles. The van der Waals surface area contributed by atoms with Crippen LogP contribution in [-0.2, 0) is 0 Å². The molecule has 92 valence electrons. The summed E-state index contributed by atoms with van der Waals surface area (Å²) in [5.41, 5.74) is 1.03. The summed E-state index contributed by atoms with van der Waals surface area (Å²) >= 11 is 7.22. The van der Waals surface area contributed by atoms with Crippen molar-refractivity contribution in [2.75, 3.05) is 0 Å². The summed E-state index contributed by atoms with van der Waals surface area (Å²) in [4.78, 5) is 16.1. The van der Waals surface area contributed by atoms with Gasteiger partial charge in [-0.1, -0.05) is 29.4 Å². The molecule has 0 saturated carbocycles. The number of aryl methyl sites for hydroxylation is 1. The number of carboxylic acid groups (broad SMARTS) is 1. The van der Waals surface area contributed by atoms with E-state index in [0.29, 0.717) is 0 Å². The molecule has 1 aromatic carbocycles. The second kappa shape index (κ2) is 5.42. The summed E-state index contributed by atoms with van der Waals surface area (Å²) in [6.45, 7) is 1.91. The van der Waals surface area contributed by atoms with Crippen LogP contribution in [0.1, 0.15) is 16.1 Å². The van der Waals surface area contributed by atoms with Gasteiger partial charge in [0.25, 0.3) is 0 Å². The van der Waals surface area contributed by atoms with Crippen molar-refractivity contribution in [1.82, 2.24) is 4.98 Å². The lowest BCUT2D eigenvalue weighted by molar-refractivity contribution is 0.0697. The molecule has 1 N–H and O–H groups in total. The molecule has 18 heavy (non-hydrogen) atoms. The molecule has 0 atom stereocenters. The number of pyridine rings is 1. The molecular formula is C13H10ClNO2S. The highest BCUT2D eigenvalue weighted by Gasteiger charge is 2.10. The van der Waals surface area contributed by atoms with Crippen molar-refractivity contribution in [1.29, 1.82) is 0 Å². The standard InChI is InChI=1S/C13H10ClNO2S/c1-8-3-2-4-12(15-8)18-9-5-6-11(14)10(7-9)13(16)17/h2-7H,1H3,(H,16,17). The first-order valence-electron chi connectivity index (χ1n) is 5.20. The molecule has 3 nitrogen and oxygen atoms in total. The summed E-state index contributed by atoms with van der Waals surface area (Å²) in [6.07, 6.45) is 0. The van der Waals surface area contributed by atoms with Gasteiger partial charge in [0.1, 0.15) is 5.03 Å². The van der Waals surface area contributed by atoms with Crippen LogP contribution in [0, 0.1) is 6.92 Å². The number of hydrogen-bond donors (Lipinski definition) is 1. The number of hydrogen-bond acceptors (Lipinski definition) is 3. The van der Waals surface area contributed by atoms with E-state index in [4.69, 9.17) is 16.7 Å². The molecule has 0 bridgehead atoms. The van der Waals surface area contributed by atoms with Crippen molar-refractivity contribution in [3.63, 3.8) is 0 Å². The van der Waals surface area contributed by atoms with Gasteiger partial charge in [0.05, 0.1) is 10.6 Å². The van der Waals surface area contributed by atoms with Gasteiger partial charge in [0, 0.05) is 10.6 Å². The van der Waals surface area contributed by atoms with Gasteiger partial charge in [-0.2, -0.15) is 0 Å². The second-order valence-electron chi connectivity index (χ2n) is 3.67. The molecule has 2 aromatic rings. The summed E-state index contributed by atoms with van der Waals surface area (Å²) in [5.74, 6) is -1.03. The average Bonchev–Trinajstić information content (AvgIpc) is 2.31. The molecule has 0 saturated heterocycles. The monoisotopic (exact) mass is 279 g/mol. The first-order valence-corrected chi connectivity index (χ1v) is 6.40. The maximum atomic E-state index is 11.0. The van der Waals surface area contributed by atoms with Gasteiger partial charge < -0.3 is 5.11 Å². The summed E-state index contributed by atoms with van der Waals surface area (Å²) in [5, 5.41) is 10.1. The Kier molecular flexibility index (Phi) is 3.89. The van der Waals surface area contributed by atoms with E-state index in [-0.39, 0.29) is 10.6 Å². The number of benzene rings is 1. The Hall–Kier alpha value is -1.52. The fourth-order valence-electron chi connectivity index (χ4n) is 1.43. The molecule has 0 fully saturated rings. The van der Waals surface area contributed by atoms with Gasteiger partial charge >= 0.3 is 5.97 Å². The van der Waals surface area contributed by atoms with Gasteiger partial charge in [-0.3, -0.25) is 0 Å². The lowest BCUT2D eigenvalue weighted by Crippen LogP contribution is -1.97. The van der Waals surface area contributed by atoms with Crippen LogP contribution in [0.2, 0.25) is 5.02 Å². The van der Waals surface area contributed by atoms with Gasteiger partial charge in [-0.15, -0.1) is 0 Å². The highest BCUT2D eigenvalue weighted by molar-refractivity contribution is 7.99. The van der Waals surface area contributed by atoms with E-state index >= 15 is 0 Å². The Bertz CT molecular complexity index is 601. The van der Waals surface area contributed by atoms with E-state index in [1.54, 1.807) is 18.2 Å². The van der Waals surface area contributed by atoms with Crippen LogP contribution in [0.15, 0.2) is 46.3 Å². The SMILES string of the molecule is Cc1cccc(Sc2ccc(Cl)c(C(=O)O)c2)n1. The van der Waals surface area contributed by atoms with Crippen LogP contribution in [0.25, 0.3) is 0 Å². The Labute approximate surface area is 114 Å². The predicted molar refractivity (Wildman–Crippen MR) is 71.5 cm³/mol. The minimum atomic E-state index is -1.03. The number of carboxylic acids is 1. The minimum Gasteiger partial charge on any atom is -0.478 e. The highest BCUT2D eigenvalue weighted by atomic mass is 35.5. The molecular weight excluding hydrogens is 270 g/mol. The second-order valence-corrected chi connectivity index (χ2v) is 5.17. The van der Waals surface area contributed by atoms with E-state index < -0.39 is 5.97 Å². The molecule has 0 aliphatic carbocycles. The number of halogens is 1. The third kappa shape index (κ3) is 3.03. The van der Waals surface area contributed by atoms with Crippen molar-refractivity contribution < 1.29 is 9.90 Å². The van der Waals surface area contributed by atoms with Crippen molar-refractivity contribution in [2.24, 2.45) is 0 Å². The van der Waals surface area contributed by atoms with Crippen molar-refractivity contribution >= 4 is 29.3 Å². The molecule has 0 radical (unpaired) electrons. The van der Waals surface area contributed by atoms with E-state index in [0.717, 1.165) is 15.6 Å². The van der Waals surface area contributed by atoms with Crippen LogP contribution in [0.5, 0.6) is 0 Å². The summed E-state index contributed by atoms with van der Waals surface area (Å²) in [6, 6.07) is 10.6. The number of aromatic carboxylic acids is 1. The number of nitrogens with zero attached hydrogens (tertiary/aromatic N) is 1. The number of rotatable bonds is 3. The maximum Gasteiger partial charge on any atom is 0.337 e. The maximum absolute atomic E-state index is 11.0. The van der Waals surface area contributed by atoms with Gasteiger partial charge in [0.2, 0.25) is 0 Å². The molecule has 2 rings (SSSR count). The molecule has 0 unspecified atom stereocenters. The Morgan fingerprint density at radius 2 is 2.11 bits per heavy atom. The predicted octanol–water partition coefficient (Wildman–Crippen LogP) is 3.89. The Morgan fingerprint density at radius 3 is 2.78 bits per heavy atom. The fourth-order valence-corrected chi connectivity index (χ4v) is 2.52. The zero-order chi connectivity index (χ0) is 13.1. The van der Waals surface area contributed by atoms with Crippen molar-refractivity contribution in [2.45, 2.75) is 16.8 Å². The van der Waals surface area contributed by atoms with Crippen LogP contribution in [0.4, 0.5) is 0 Å². The third-order valence-corrected chi connectivity index (χ3v) is 3.51. The van der Waals surface area contributed by atoms with Crippen molar-refractivity contribution in [3.05, 3.63) is 52.7 Å². The topological polar surface area (TPSA) is 50.2 Å². The van der Waals surface area contributed by atoms with Crippen LogP contribution in [-0.4, -0.2) is 16.1 Å². The summed E-state index contributed by atoms with van der Waals surface area (Å²) < 4.78 is 0. The van der Waals surface area contributed by atoms with Crippen LogP contribution in [0.3, 0.4) is 0 Å². The molecule has 0 aliphatic rings. The lowest BCUT2D eigenvalue weighted by atomic mass is 10.2.